The highest BCUT2D eigenvalue weighted by molar-refractivity contribution is 5.40. The van der Waals surface area contributed by atoms with Gasteiger partial charge in [0, 0.05) is 0 Å². The van der Waals surface area contributed by atoms with E-state index >= 15 is 0 Å². The average Bonchev–Trinajstić information content (AvgIpc) is 2.17. The van der Waals surface area contributed by atoms with E-state index in [1.165, 1.54) is 0 Å². The van der Waals surface area contributed by atoms with Gasteiger partial charge in [-0.2, -0.15) is 0 Å². The monoisotopic (exact) mass is 178 g/mol. The summed E-state index contributed by atoms with van der Waals surface area (Å²) >= 11 is 0. The Morgan fingerprint density at radius 3 is 3.15 bits per heavy atom. The van der Waals surface area contributed by atoms with Crippen molar-refractivity contribution in [2.45, 2.75) is 32.3 Å². The van der Waals surface area contributed by atoms with Crippen molar-refractivity contribution in [2.75, 3.05) is 0 Å². The fraction of sp³-hybridized carbons (Fsp3) is 0.455. The molecule has 1 atom stereocenters. The summed E-state index contributed by atoms with van der Waals surface area (Å²) in [5.41, 5.74) is 1.13. The Kier molecular flexibility index (Phi) is 2.13. The predicted molar refractivity (Wildman–Crippen MR) is 51.1 cm³/mol. The molecule has 2 nitrogen and oxygen atoms in total. The first-order valence-electron chi connectivity index (χ1n) is 4.78. The standard InChI is InChI=1S/C11H14O2/c1-2-10-5-3-8-7-9(12)4-6-11(8)13-10/h4,6-7,10,12H,2-3,5H2,1H3. The van der Waals surface area contributed by atoms with Crippen molar-refractivity contribution in [3.63, 3.8) is 0 Å². The zero-order chi connectivity index (χ0) is 9.26. The number of hydrogen-bond acceptors (Lipinski definition) is 2. The second-order valence-electron chi connectivity index (χ2n) is 3.48. The first-order chi connectivity index (χ1) is 6.29. The molecule has 1 unspecified atom stereocenters. The van der Waals surface area contributed by atoms with E-state index in [2.05, 4.69) is 6.92 Å². The van der Waals surface area contributed by atoms with Gasteiger partial charge in [-0.1, -0.05) is 6.92 Å². The van der Waals surface area contributed by atoms with Crippen molar-refractivity contribution < 1.29 is 9.84 Å². The topological polar surface area (TPSA) is 29.5 Å². The summed E-state index contributed by atoms with van der Waals surface area (Å²) in [6, 6.07) is 5.32. The van der Waals surface area contributed by atoms with Crippen molar-refractivity contribution in [3.8, 4) is 11.5 Å². The molecule has 2 rings (SSSR count). The Morgan fingerprint density at radius 1 is 1.54 bits per heavy atom. The molecule has 2 heteroatoms. The van der Waals surface area contributed by atoms with E-state index in [0.29, 0.717) is 11.9 Å². The van der Waals surface area contributed by atoms with Gasteiger partial charge in [0.25, 0.3) is 0 Å². The molecule has 13 heavy (non-hydrogen) atoms. The zero-order valence-electron chi connectivity index (χ0n) is 7.79. The Bertz CT molecular complexity index is 307. The van der Waals surface area contributed by atoms with E-state index in [1.54, 1.807) is 12.1 Å². The SMILES string of the molecule is CCC1CCc2cc(O)ccc2O1. The highest BCUT2D eigenvalue weighted by Crippen LogP contribution is 2.30. The smallest absolute Gasteiger partial charge is 0.123 e. The van der Waals surface area contributed by atoms with E-state index in [-0.39, 0.29) is 0 Å². The van der Waals surface area contributed by atoms with Gasteiger partial charge in [-0.15, -0.1) is 0 Å². The number of rotatable bonds is 1. The minimum absolute atomic E-state index is 0.331. The highest BCUT2D eigenvalue weighted by Gasteiger charge is 2.17. The lowest BCUT2D eigenvalue weighted by Crippen LogP contribution is -2.21. The van der Waals surface area contributed by atoms with Crippen molar-refractivity contribution in [2.24, 2.45) is 0 Å². The number of aryl methyl sites for hydroxylation is 1. The third-order valence-electron chi connectivity index (χ3n) is 2.53. The second-order valence-corrected chi connectivity index (χ2v) is 3.48. The average molecular weight is 178 g/mol. The maximum absolute atomic E-state index is 9.26. The summed E-state index contributed by atoms with van der Waals surface area (Å²) in [4.78, 5) is 0. The number of phenols is 1. The van der Waals surface area contributed by atoms with Crippen LogP contribution in [0.25, 0.3) is 0 Å². The van der Waals surface area contributed by atoms with Crippen LogP contribution in [0.4, 0.5) is 0 Å². The third-order valence-corrected chi connectivity index (χ3v) is 2.53. The van der Waals surface area contributed by atoms with Gasteiger partial charge in [0.1, 0.15) is 11.5 Å². The summed E-state index contributed by atoms with van der Waals surface area (Å²) in [7, 11) is 0. The fourth-order valence-corrected chi connectivity index (χ4v) is 1.72. The molecule has 0 spiro atoms. The first kappa shape index (κ1) is 8.42. The summed E-state index contributed by atoms with van der Waals surface area (Å²) < 4.78 is 5.72. The van der Waals surface area contributed by atoms with E-state index in [4.69, 9.17) is 4.74 Å². The maximum Gasteiger partial charge on any atom is 0.123 e. The molecule has 1 heterocycles. The number of benzene rings is 1. The van der Waals surface area contributed by atoms with Gasteiger partial charge in [0.15, 0.2) is 0 Å². The van der Waals surface area contributed by atoms with Crippen LogP contribution in [-0.2, 0) is 6.42 Å². The van der Waals surface area contributed by atoms with Crippen molar-refractivity contribution in [3.05, 3.63) is 23.8 Å². The molecule has 0 radical (unpaired) electrons. The van der Waals surface area contributed by atoms with Gasteiger partial charge in [0.2, 0.25) is 0 Å². The van der Waals surface area contributed by atoms with E-state index < -0.39 is 0 Å². The number of phenolic OH excluding ortho intramolecular Hbond substituents is 1. The molecular formula is C11H14O2. The van der Waals surface area contributed by atoms with E-state index in [0.717, 1.165) is 30.6 Å². The van der Waals surface area contributed by atoms with Crippen LogP contribution in [0.2, 0.25) is 0 Å². The van der Waals surface area contributed by atoms with Crippen molar-refractivity contribution in [1.29, 1.82) is 0 Å². The molecule has 1 aromatic rings. The number of fused-ring (bicyclic) bond motifs is 1. The molecule has 0 saturated carbocycles. The minimum Gasteiger partial charge on any atom is -0.508 e. The van der Waals surface area contributed by atoms with Crippen molar-refractivity contribution in [1.82, 2.24) is 0 Å². The van der Waals surface area contributed by atoms with Gasteiger partial charge < -0.3 is 9.84 Å². The Morgan fingerprint density at radius 2 is 2.38 bits per heavy atom. The van der Waals surface area contributed by atoms with Gasteiger partial charge in [-0.25, -0.2) is 0 Å². The minimum atomic E-state index is 0.331. The number of ether oxygens (including phenoxy) is 1. The van der Waals surface area contributed by atoms with E-state index in [9.17, 15) is 5.11 Å². The van der Waals surface area contributed by atoms with Crippen LogP contribution in [0, 0.1) is 0 Å². The molecule has 1 aliphatic heterocycles. The molecular weight excluding hydrogens is 164 g/mol. The summed E-state index contributed by atoms with van der Waals surface area (Å²) in [5.74, 6) is 1.27. The summed E-state index contributed by atoms with van der Waals surface area (Å²) in [6.45, 7) is 2.13. The lowest BCUT2D eigenvalue weighted by molar-refractivity contribution is 0.169. The quantitative estimate of drug-likeness (QED) is 0.716. The molecule has 0 bridgehead atoms. The van der Waals surface area contributed by atoms with Crippen LogP contribution in [0.3, 0.4) is 0 Å². The molecule has 0 amide bonds. The molecule has 0 aliphatic carbocycles. The summed E-state index contributed by atoms with van der Waals surface area (Å²) in [6.07, 6.45) is 3.49. The Labute approximate surface area is 78.2 Å². The Balaban J connectivity index is 2.26. The largest absolute Gasteiger partial charge is 0.508 e. The fourth-order valence-electron chi connectivity index (χ4n) is 1.72. The highest BCUT2D eigenvalue weighted by atomic mass is 16.5. The molecule has 0 fully saturated rings. The van der Waals surface area contributed by atoms with Crippen LogP contribution >= 0.6 is 0 Å². The Hall–Kier alpha value is -1.18. The first-order valence-corrected chi connectivity index (χ1v) is 4.78. The molecule has 0 saturated heterocycles. The zero-order valence-corrected chi connectivity index (χ0v) is 7.79. The van der Waals surface area contributed by atoms with Crippen LogP contribution < -0.4 is 4.74 Å². The third kappa shape index (κ3) is 1.62. The molecule has 1 aliphatic rings. The van der Waals surface area contributed by atoms with Crippen LogP contribution in [0.15, 0.2) is 18.2 Å². The van der Waals surface area contributed by atoms with Crippen LogP contribution in [0.1, 0.15) is 25.3 Å². The van der Waals surface area contributed by atoms with Crippen molar-refractivity contribution >= 4 is 0 Å². The molecule has 1 aromatic carbocycles. The van der Waals surface area contributed by atoms with Gasteiger partial charge >= 0.3 is 0 Å². The van der Waals surface area contributed by atoms with Crippen LogP contribution in [0.5, 0.6) is 11.5 Å². The molecule has 1 N–H and O–H groups in total. The molecule has 0 aromatic heterocycles. The molecule has 70 valence electrons. The van der Waals surface area contributed by atoms with Crippen LogP contribution in [-0.4, -0.2) is 11.2 Å². The lowest BCUT2D eigenvalue weighted by atomic mass is 10.0. The van der Waals surface area contributed by atoms with Gasteiger partial charge in [0.05, 0.1) is 6.10 Å². The number of aromatic hydroxyl groups is 1. The van der Waals surface area contributed by atoms with Gasteiger partial charge in [-0.05, 0) is 43.0 Å². The normalized spacial score (nSPS) is 20.5. The second kappa shape index (κ2) is 3.29. The maximum atomic E-state index is 9.26. The van der Waals surface area contributed by atoms with E-state index in [1.807, 2.05) is 6.07 Å². The summed E-state index contributed by atoms with van der Waals surface area (Å²) in [5, 5.41) is 9.26. The number of hydrogen-bond donors (Lipinski definition) is 1. The lowest BCUT2D eigenvalue weighted by Gasteiger charge is -2.25. The van der Waals surface area contributed by atoms with Gasteiger partial charge in [-0.3, -0.25) is 0 Å². The predicted octanol–water partition coefficient (Wildman–Crippen LogP) is 2.50.